The Bertz CT molecular complexity index is 431. The average molecular weight is 296 g/mol. The summed E-state index contributed by atoms with van der Waals surface area (Å²) in [6, 6.07) is -0.283. The minimum atomic E-state index is -0.609. The van der Waals surface area contributed by atoms with Crippen LogP contribution in [0.3, 0.4) is 0 Å². The molecule has 2 amide bonds. The molecule has 1 aliphatic heterocycles. The topological polar surface area (TPSA) is 59.1 Å². The fourth-order valence-corrected chi connectivity index (χ4v) is 2.41. The summed E-state index contributed by atoms with van der Waals surface area (Å²) in [6.45, 7) is 10.8. The molecule has 0 spiro atoms. The summed E-state index contributed by atoms with van der Waals surface area (Å²) in [5.41, 5.74) is -1.22. The molecule has 6 nitrogen and oxygen atoms in total. The first-order chi connectivity index (χ1) is 9.48. The first-order valence-electron chi connectivity index (χ1n) is 7.20. The van der Waals surface area contributed by atoms with Crippen LogP contribution < -0.4 is 0 Å². The van der Waals surface area contributed by atoms with Crippen molar-refractivity contribution >= 4 is 12.2 Å². The van der Waals surface area contributed by atoms with E-state index in [0.717, 1.165) is 0 Å². The lowest BCUT2D eigenvalue weighted by molar-refractivity contribution is -0.0579. The molecule has 6 heteroatoms. The molecule has 2 aliphatic rings. The number of fused-ring (bicyclic) bond motifs is 2. The highest BCUT2D eigenvalue weighted by Gasteiger charge is 2.49. The number of amides is 2. The summed E-state index contributed by atoms with van der Waals surface area (Å²) < 4.78 is 10.8. The SMILES string of the molecule is CC(C)(C)OC(=O)N1[C@@H]2C=C[C@@H](C2)N1C(=O)OC(C)(C)C. The molecule has 0 saturated carbocycles. The van der Waals surface area contributed by atoms with Gasteiger partial charge in [-0.2, -0.15) is 0 Å². The van der Waals surface area contributed by atoms with Gasteiger partial charge in [-0.25, -0.2) is 19.6 Å². The van der Waals surface area contributed by atoms with Crippen molar-refractivity contribution < 1.29 is 19.1 Å². The van der Waals surface area contributed by atoms with Gasteiger partial charge in [0.15, 0.2) is 0 Å². The maximum absolute atomic E-state index is 12.4. The molecule has 1 heterocycles. The summed E-state index contributed by atoms with van der Waals surface area (Å²) >= 11 is 0. The first kappa shape index (κ1) is 15.7. The van der Waals surface area contributed by atoms with Crippen molar-refractivity contribution in [3.63, 3.8) is 0 Å². The largest absolute Gasteiger partial charge is 0.442 e. The molecule has 21 heavy (non-hydrogen) atoms. The van der Waals surface area contributed by atoms with E-state index in [2.05, 4.69) is 0 Å². The Morgan fingerprint density at radius 1 is 0.857 bits per heavy atom. The Hall–Kier alpha value is -1.72. The van der Waals surface area contributed by atoms with Crippen LogP contribution in [0.15, 0.2) is 12.2 Å². The molecular weight excluding hydrogens is 272 g/mol. The highest BCUT2D eigenvalue weighted by atomic mass is 16.6. The number of carbonyl (C=O) groups excluding carboxylic acids is 2. The van der Waals surface area contributed by atoms with Crippen molar-refractivity contribution in [3.05, 3.63) is 12.2 Å². The summed E-state index contributed by atoms with van der Waals surface area (Å²) in [4.78, 5) is 24.7. The lowest BCUT2D eigenvalue weighted by atomic mass is 10.2. The maximum Gasteiger partial charge on any atom is 0.430 e. The van der Waals surface area contributed by atoms with Gasteiger partial charge in [0, 0.05) is 0 Å². The Labute approximate surface area is 125 Å². The first-order valence-corrected chi connectivity index (χ1v) is 7.20. The van der Waals surface area contributed by atoms with Crippen LogP contribution in [0.2, 0.25) is 0 Å². The third-order valence-electron chi connectivity index (χ3n) is 3.06. The van der Waals surface area contributed by atoms with E-state index in [1.165, 1.54) is 10.0 Å². The second-order valence-electron chi connectivity index (χ2n) is 7.41. The minimum absolute atomic E-state index is 0.141. The van der Waals surface area contributed by atoms with Crippen molar-refractivity contribution in [2.75, 3.05) is 0 Å². The zero-order chi connectivity index (χ0) is 16.0. The standard InChI is InChI=1S/C15H24N2O4/c1-14(2,3)20-12(18)16-10-7-8-11(9-10)17(16)13(19)21-15(4,5)6/h7-8,10-11H,9H2,1-6H3/t10-,11+. The normalized spacial score (nSPS) is 24.5. The highest BCUT2D eigenvalue weighted by Crippen LogP contribution is 2.34. The van der Waals surface area contributed by atoms with Crippen LogP contribution in [0.25, 0.3) is 0 Å². The van der Waals surface area contributed by atoms with Crippen molar-refractivity contribution in [2.24, 2.45) is 0 Å². The number of ether oxygens (including phenoxy) is 2. The van der Waals surface area contributed by atoms with Crippen LogP contribution in [0.5, 0.6) is 0 Å². The Balaban J connectivity index is 2.17. The molecule has 0 N–H and O–H groups in total. The molecule has 0 aromatic rings. The lowest BCUT2D eigenvalue weighted by Gasteiger charge is -2.36. The van der Waals surface area contributed by atoms with E-state index in [9.17, 15) is 9.59 Å². The quantitative estimate of drug-likeness (QED) is 0.645. The lowest BCUT2D eigenvalue weighted by Crippen LogP contribution is -2.54. The van der Waals surface area contributed by atoms with Crippen LogP contribution >= 0.6 is 0 Å². The van der Waals surface area contributed by atoms with Crippen molar-refractivity contribution in [2.45, 2.75) is 71.2 Å². The van der Waals surface area contributed by atoms with Crippen LogP contribution in [0.4, 0.5) is 9.59 Å². The fourth-order valence-electron chi connectivity index (χ4n) is 2.41. The minimum Gasteiger partial charge on any atom is -0.442 e. The number of hydrazine groups is 1. The third kappa shape index (κ3) is 3.49. The fraction of sp³-hybridized carbons (Fsp3) is 0.733. The van der Waals surface area contributed by atoms with E-state index in [-0.39, 0.29) is 12.1 Å². The molecule has 0 radical (unpaired) electrons. The van der Waals surface area contributed by atoms with E-state index in [0.29, 0.717) is 6.42 Å². The van der Waals surface area contributed by atoms with Gasteiger partial charge >= 0.3 is 12.2 Å². The molecule has 0 unspecified atom stereocenters. The van der Waals surface area contributed by atoms with E-state index in [1.807, 2.05) is 12.2 Å². The van der Waals surface area contributed by atoms with Gasteiger partial charge in [-0.15, -0.1) is 0 Å². The summed E-state index contributed by atoms with van der Waals surface area (Å²) in [7, 11) is 0. The second-order valence-corrected chi connectivity index (χ2v) is 7.41. The number of carbonyl (C=O) groups is 2. The van der Waals surface area contributed by atoms with Gasteiger partial charge in [0.25, 0.3) is 0 Å². The van der Waals surface area contributed by atoms with Gasteiger partial charge in [0.05, 0.1) is 12.1 Å². The smallest absolute Gasteiger partial charge is 0.430 e. The monoisotopic (exact) mass is 296 g/mol. The van der Waals surface area contributed by atoms with Crippen molar-refractivity contribution in [1.29, 1.82) is 0 Å². The molecule has 2 bridgehead atoms. The summed E-state index contributed by atoms with van der Waals surface area (Å²) in [6.07, 6.45) is 3.50. The molecule has 1 aliphatic carbocycles. The van der Waals surface area contributed by atoms with E-state index in [4.69, 9.17) is 9.47 Å². The van der Waals surface area contributed by atoms with Gasteiger partial charge < -0.3 is 9.47 Å². The van der Waals surface area contributed by atoms with Crippen LogP contribution in [-0.2, 0) is 9.47 Å². The number of hydrogen-bond donors (Lipinski definition) is 0. The molecule has 118 valence electrons. The average Bonchev–Trinajstić information content (AvgIpc) is 2.82. The Morgan fingerprint density at radius 3 is 1.48 bits per heavy atom. The van der Waals surface area contributed by atoms with Crippen LogP contribution in [0, 0.1) is 0 Å². The number of nitrogens with zero attached hydrogens (tertiary/aromatic N) is 2. The van der Waals surface area contributed by atoms with Crippen LogP contribution in [0.1, 0.15) is 48.0 Å². The van der Waals surface area contributed by atoms with Crippen molar-refractivity contribution in [1.82, 2.24) is 10.0 Å². The van der Waals surface area contributed by atoms with Gasteiger partial charge in [-0.05, 0) is 48.0 Å². The maximum atomic E-state index is 12.4. The molecular formula is C15H24N2O4. The van der Waals surface area contributed by atoms with Gasteiger partial charge in [0.2, 0.25) is 0 Å². The van der Waals surface area contributed by atoms with Gasteiger partial charge in [-0.3, -0.25) is 0 Å². The molecule has 0 aromatic heterocycles. The third-order valence-corrected chi connectivity index (χ3v) is 3.06. The molecule has 1 fully saturated rings. The van der Waals surface area contributed by atoms with Crippen molar-refractivity contribution in [3.8, 4) is 0 Å². The van der Waals surface area contributed by atoms with Gasteiger partial charge in [0.1, 0.15) is 11.2 Å². The highest BCUT2D eigenvalue weighted by molar-refractivity contribution is 5.77. The predicted molar refractivity (Wildman–Crippen MR) is 77.5 cm³/mol. The zero-order valence-corrected chi connectivity index (χ0v) is 13.5. The Kier molecular flexibility index (Phi) is 3.68. The molecule has 2 rings (SSSR count). The number of hydrogen-bond acceptors (Lipinski definition) is 4. The van der Waals surface area contributed by atoms with E-state index >= 15 is 0 Å². The zero-order valence-electron chi connectivity index (χ0n) is 13.5. The van der Waals surface area contributed by atoms with E-state index < -0.39 is 23.4 Å². The summed E-state index contributed by atoms with van der Waals surface area (Å²) in [5, 5.41) is 2.73. The van der Waals surface area contributed by atoms with Crippen LogP contribution in [-0.4, -0.2) is 45.5 Å². The molecule has 0 aromatic carbocycles. The Morgan fingerprint density at radius 2 is 1.19 bits per heavy atom. The number of rotatable bonds is 0. The second kappa shape index (κ2) is 4.93. The molecule has 1 saturated heterocycles. The van der Waals surface area contributed by atoms with E-state index in [1.54, 1.807) is 41.5 Å². The van der Waals surface area contributed by atoms with Gasteiger partial charge in [-0.1, -0.05) is 12.2 Å². The molecule has 2 atom stereocenters. The predicted octanol–water partition coefficient (Wildman–Crippen LogP) is 3.09. The summed E-state index contributed by atoms with van der Waals surface area (Å²) in [5.74, 6) is 0.